The molecule has 2 amide bonds. The van der Waals surface area contributed by atoms with Crippen molar-refractivity contribution in [1.82, 2.24) is 10.6 Å². The second kappa shape index (κ2) is 9.68. The monoisotopic (exact) mass is 376 g/mol. The van der Waals surface area contributed by atoms with Crippen LogP contribution in [0.25, 0.3) is 0 Å². The molecule has 0 aliphatic heterocycles. The van der Waals surface area contributed by atoms with Crippen molar-refractivity contribution in [2.45, 2.75) is 19.4 Å². The van der Waals surface area contributed by atoms with Gasteiger partial charge in [0.2, 0.25) is 0 Å². The lowest BCUT2D eigenvalue weighted by molar-refractivity contribution is -0.136. The zero-order valence-electron chi connectivity index (χ0n) is 14.4. The molecule has 0 bridgehead atoms. The first-order valence-corrected chi connectivity index (χ1v) is 8.61. The molecule has 2 rings (SSSR count). The van der Waals surface area contributed by atoms with Gasteiger partial charge >= 0.3 is 12.0 Å². The molecule has 0 saturated heterocycles. The molecule has 6 nitrogen and oxygen atoms in total. The molecule has 0 aromatic heterocycles. The van der Waals surface area contributed by atoms with Crippen LogP contribution in [0.15, 0.2) is 48.5 Å². The van der Waals surface area contributed by atoms with Crippen LogP contribution >= 0.6 is 11.6 Å². The molecule has 3 N–H and O–H groups in total. The van der Waals surface area contributed by atoms with E-state index in [2.05, 4.69) is 10.6 Å². The van der Waals surface area contributed by atoms with E-state index in [1.807, 2.05) is 43.3 Å². The predicted octanol–water partition coefficient (Wildman–Crippen LogP) is 3.60. The Morgan fingerprint density at radius 3 is 2.50 bits per heavy atom. The smallest absolute Gasteiger partial charge is 0.315 e. The van der Waals surface area contributed by atoms with Crippen molar-refractivity contribution >= 4 is 23.6 Å². The van der Waals surface area contributed by atoms with E-state index in [4.69, 9.17) is 21.4 Å². The second-order valence-electron chi connectivity index (χ2n) is 5.53. The molecular formula is C19H21ClN2O4. The van der Waals surface area contributed by atoms with Crippen LogP contribution in [0, 0.1) is 0 Å². The minimum Gasteiger partial charge on any atom is -0.494 e. The van der Waals surface area contributed by atoms with Crippen LogP contribution < -0.4 is 15.4 Å². The van der Waals surface area contributed by atoms with E-state index in [1.54, 1.807) is 12.1 Å². The van der Waals surface area contributed by atoms with Crippen molar-refractivity contribution in [3.8, 4) is 5.75 Å². The molecule has 0 spiro atoms. The number of urea groups is 1. The molecule has 0 fully saturated rings. The van der Waals surface area contributed by atoms with Crippen molar-refractivity contribution in [2.24, 2.45) is 0 Å². The molecule has 0 aliphatic carbocycles. The SMILES string of the molecule is CCOc1ccc(C(NC(=O)NCCC(=O)O)c2cccc(Cl)c2)cc1. The Kier molecular flexibility index (Phi) is 7.29. The molecule has 7 heteroatoms. The summed E-state index contributed by atoms with van der Waals surface area (Å²) in [4.78, 5) is 22.7. The van der Waals surface area contributed by atoms with Crippen LogP contribution in [0.3, 0.4) is 0 Å². The van der Waals surface area contributed by atoms with E-state index >= 15 is 0 Å². The number of carbonyl (C=O) groups is 2. The summed E-state index contributed by atoms with van der Waals surface area (Å²) in [6, 6.07) is 13.7. The Morgan fingerprint density at radius 1 is 1.15 bits per heavy atom. The van der Waals surface area contributed by atoms with Crippen LogP contribution in [0.1, 0.15) is 30.5 Å². The third-order valence-electron chi connectivity index (χ3n) is 3.61. The number of carboxylic acid groups (broad SMARTS) is 1. The number of carboxylic acids is 1. The van der Waals surface area contributed by atoms with Crippen LogP contribution in [0.4, 0.5) is 4.79 Å². The van der Waals surface area contributed by atoms with Gasteiger partial charge in [0.15, 0.2) is 0 Å². The van der Waals surface area contributed by atoms with Crippen LogP contribution in [0.5, 0.6) is 5.75 Å². The number of nitrogens with one attached hydrogen (secondary N) is 2. The van der Waals surface area contributed by atoms with Gasteiger partial charge in [-0.1, -0.05) is 35.9 Å². The van der Waals surface area contributed by atoms with Crippen molar-refractivity contribution in [3.63, 3.8) is 0 Å². The van der Waals surface area contributed by atoms with Crippen LogP contribution in [-0.4, -0.2) is 30.3 Å². The number of halogens is 1. The van der Waals surface area contributed by atoms with E-state index in [-0.39, 0.29) is 13.0 Å². The van der Waals surface area contributed by atoms with E-state index in [9.17, 15) is 9.59 Å². The van der Waals surface area contributed by atoms with Gasteiger partial charge in [0.25, 0.3) is 0 Å². The molecule has 26 heavy (non-hydrogen) atoms. The Labute approximate surface area is 157 Å². The molecule has 2 aromatic rings. The largest absolute Gasteiger partial charge is 0.494 e. The molecule has 138 valence electrons. The zero-order chi connectivity index (χ0) is 18.9. The van der Waals surface area contributed by atoms with Crippen molar-refractivity contribution in [2.75, 3.05) is 13.2 Å². The quantitative estimate of drug-likeness (QED) is 0.656. The average molecular weight is 377 g/mol. The summed E-state index contributed by atoms with van der Waals surface area (Å²) in [5, 5.41) is 14.6. The highest BCUT2D eigenvalue weighted by Gasteiger charge is 2.17. The van der Waals surface area contributed by atoms with Gasteiger partial charge < -0.3 is 20.5 Å². The number of hydrogen-bond donors (Lipinski definition) is 3. The van der Waals surface area contributed by atoms with Gasteiger partial charge in [-0.25, -0.2) is 4.79 Å². The third kappa shape index (κ3) is 5.97. The first kappa shape index (κ1) is 19.6. The number of ether oxygens (including phenoxy) is 1. The fraction of sp³-hybridized carbons (Fsp3) is 0.263. The minimum absolute atomic E-state index is 0.0483. The summed E-state index contributed by atoms with van der Waals surface area (Å²) in [5.41, 5.74) is 1.67. The fourth-order valence-electron chi connectivity index (χ4n) is 2.43. The maximum Gasteiger partial charge on any atom is 0.315 e. The Bertz CT molecular complexity index is 749. The number of hydrogen-bond acceptors (Lipinski definition) is 3. The highest BCUT2D eigenvalue weighted by Crippen LogP contribution is 2.26. The summed E-state index contributed by atoms with van der Waals surface area (Å²) in [5.74, 6) is -0.227. The Hall–Kier alpha value is -2.73. The van der Waals surface area contributed by atoms with Gasteiger partial charge in [-0.2, -0.15) is 0 Å². The van der Waals surface area contributed by atoms with E-state index in [1.165, 1.54) is 0 Å². The maximum absolute atomic E-state index is 12.2. The summed E-state index contributed by atoms with van der Waals surface area (Å²) in [6.45, 7) is 2.53. The second-order valence-corrected chi connectivity index (χ2v) is 5.97. The molecule has 2 aromatic carbocycles. The van der Waals surface area contributed by atoms with E-state index in [0.717, 1.165) is 16.9 Å². The van der Waals surface area contributed by atoms with Crippen molar-refractivity contribution < 1.29 is 19.4 Å². The summed E-state index contributed by atoms with van der Waals surface area (Å²) in [7, 11) is 0. The predicted molar refractivity (Wildman–Crippen MR) is 99.7 cm³/mol. The molecule has 1 atom stereocenters. The highest BCUT2D eigenvalue weighted by molar-refractivity contribution is 6.30. The third-order valence-corrected chi connectivity index (χ3v) is 3.84. The normalized spacial score (nSPS) is 11.5. The maximum atomic E-state index is 12.2. The number of aliphatic carboxylic acids is 1. The van der Waals surface area contributed by atoms with Gasteiger partial charge in [-0.15, -0.1) is 0 Å². The topological polar surface area (TPSA) is 87.7 Å². The summed E-state index contributed by atoms with van der Waals surface area (Å²) in [6.07, 6.45) is -0.141. The van der Waals surface area contributed by atoms with Crippen molar-refractivity contribution in [1.29, 1.82) is 0 Å². The van der Waals surface area contributed by atoms with E-state index in [0.29, 0.717) is 11.6 Å². The van der Waals surface area contributed by atoms with Gasteiger partial charge in [0.05, 0.1) is 19.1 Å². The number of amides is 2. The lowest BCUT2D eigenvalue weighted by Crippen LogP contribution is -2.39. The lowest BCUT2D eigenvalue weighted by atomic mass is 9.98. The number of benzene rings is 2. The standard InChI is InChI=1S/C19H21ClN2O4/c1-2-26-16-8-6-13(7-9-16)18(14-4-3-5-15(20)12-14)22-19(25)21-11-10-17(23)24/h3-9,12,18H,2,10-11H2,1H3,(H,23,24)(H2,21,22,25). The Balaban J connectivity index is 2.19. The molecular weight excluding hydrogens is 356 g/mol. The number of carbonyl (C=O) groups excluding carboxylic acids is 1. The van der Waals surface area contributed by atoms with Gasteiger partial charge in [0.1, 0.15) is 5.75 Å². The number of rotatable bonds is 8. The summed E-state index contributed by atoms with van der Waals surface area (Å²) >= 11 is 6.08. The lowest BCUT2D eigenvalue weighted by Gasteiger charge is -2.21. The van der Waals surface area contributed by atoms with Gasteiger partial charge in [-0.3, -0.25) is 4.79 Å². The average Bonchev–Trinajstić information content (AvgIpc) is 2.60. The zero-order valence-corrected chi connectivity index (χ0v) is 15.1. The van der Waals surface area contributed by atoms with E-state index < -0.39 is 18.0 Å². The van der Waals surface area contributed by atoms with Crippen molar-refractivity contribution in [3.05, 3.63) is 64.7 Å². The first-order valence-electron chi connectivity index (χ1n) is 8.24. The fourth-order valence-corrected chi connectivity index (χ4v) is 2.63. The van der Waals surface area contributed by atoms with Crippen LogP contribution in [-0.2, 0) is 4.79 Å². The molecule has 0 radical (unpaired) electrons. The molecule has 0 aliphatic rings. The Morgan fingerprint density at radius 2 is 1.88 bits per heavy atom. The van der Waals surface area contributed by atoms with Gasteiger partial charge in [0, 0.05) is 11.6 Å². The first-order chi connectivity index (χ1) is 12.5. The minimum atomic E-state index is -0.969. The molecule has 0 heterocycles. The molecule has 0 saturated carbocycles. The highest BCUT2D eigenvalue weighted by atomic mass is 35.5. The molecule has 1 unspecified atom stereocenters. The van der Waals surface area contributed by atoms with Crippen LogP contribution in [0.2, 0.25) is 5.02 Å². The van der Waals surface area contributed by atoms with Gasteiger partial charge in [-0.05, 0) is 42.3 Å². The summed E-state index contributed by atoms with van der Waals surface area (Å²) < 4.78 is 5.45.